The zero-order chi connectivity index (χ0) is 19.3. The van der Waals surface area contributed by atoms with Crippen molar-refractivity contribution in [2.24, 2.45) is 4.99 Å². The molecule has 0 aliphatic rings. The first-order chi connectivity index (χ1) is 12.2. The molecule has 26 heavy (non-hydrogen) atoms. The molecule has 0 fully saturated rings. The molecule has 0 aliphatic carbocycles. The quantitative estimate of drug-likeness (QED) is 0.516. The van der Waals surface area contributed by atoms with Gasteiger partial charge in [0.1, 0.15) is 18.1 Å². The Balaban J connectivity index is 2.14. The van der Waals surface area contributed by atoms with Crippen LogP contribution in [0.4, 0.5) is 13.2 Å². The number of rotatable bonds is 5. The zero-order valence-corrected chi connectivity index (χ0v) is 15.6. The molecular weight excluding hydrogens is 386 g/mol. The average molecular weight is 402 g/mol. The fraction of sp³-hybridized carbons (Fsp3) is 0.211. The van der Waals surface area contributed by atoms with Crippen LogP contribution < -0.4 is 4.74 Å². The van der Waals surface area contributed by atoms with Gasteiger partial charge in [0.05, 0.1) is 5.02 Å². The number of hydrogen-bond donors (Lipinski definition) is 0. The summed E-state index contributed by atoms with van der Waals surface area (Å²) in [5.41, 5.74) is 0.807. The first kappa shape index (κ1) is 20.3. The second-order valence-electron chi connectivity index (χ2n) is 5.49. The highest BCUT2D eigenvalue weighted by molar-refractivity contribution is 6.32. The van der Waals surface area contributed by atoms with Crippen molar-refractivity contribution in [1.29, 1.82) is 0 Å². The summed E-state index contributed by atoms with van der Waals surface area (Å²) in [6.07, 6.45) is -3.54. The third-order valence-electron chi connectivity index (χ3n) is 3.57. The van der Waals surface area contributed by atoms with Crippen molar-refractivity contribution in [2.75, 3.05) is 7.05 Å². The van der Waals surface area contributed by atoms with E-state index in [0.717, 1.165) is 18.7 Å². The number of halogens is 5. The highest BCUT2D eigenvalue weighted by Gasteiger charge is 2.33. The highest BCUT2D eigenvalue weighted by Crippen LogP contribution is 2.30. The molecule has 0 heterocycles. The van der Waals surface area contributed by atoms with Crippen LogP contribution in [0.3, 0.4) is 0 Å². The smallest absolute Gasteiger partial charge is 0.432 e. The first-order valence-corrected chi connectivity index (χ1v) is 8.35. The third kappa shape index (κ3) is 5.51. The van der Waals surface area contributed by atoms with Gasteiger partial charge in [0.15, 0.2) is 0 Å². The summed E-state index contributed by atoms with van der Waals surface area (Å²) >= 11 is 12.0. The minimum absolute atomic E-state index is 0.296. The lowest BCUT2D eigenvalue weighted by Crippen LogP contribution is -2.20. The zero-order valence-electron chi connectivity index (χ0n) is 14.1. The van der Waals surface area contributed by atoms with E-state index in [2.05, 4.69) is 4.99 Å². The van der Waals surface area contributed by atoms with E-state index in [4.69, 9.17) is 27.9 Å². The molecule has 0 spiro atoms. The van der Waals surface area contributed by atoms with Crippen molar-refractivity contribution in [3.05, 3.63) is 69.7 Å². The van der Waals surface area contributed by atoms with Crippen molar-refractivity contribution in [3.63, 3.8) is 0 Å². The van der Waals surface area contributed by atoms with Crippen LogP contribution in [-0.4, -0.2) is 18.9 Å². The summed E-state index contributed by atoms with van der Waals surface area (Å²) < 4.78 is 44.1. The first-order valence-electron chi connectivity index (χ1n) is 7.60. The van der Waals surface area contributed by atoms with Crippen molar-refractivity contribution >= 4 is 34.5 Å². The van der Waals surface area contributed by atoms with Crippen LogP contribution in [0.2, 0.25) is 10.0 Å². The third-order valence-corrected chi connectivity index (χ3v) is 4.13. The predicted octanol–water partition coefficient (Wildman–Crippen LogP) is 6.61. The molecule has 0 unspecified atom stereocenters. The Hall–Kier alpha value is -1.98. The van der Waals surface area contributed by atoms with Gasteiger partial charge in [0, 0.05) is 12.1 Å². The maximum Gasteiger partial charge on any atom is 0.432 e. The van der Waals surface area contributed by atoms with Crippen LogP contribution in [-0.2, 0) is 6.61 Å². The number of alkyl halides is 3. The Morgan fingerprint density at radius 3 is 2.31 bits per heavy atom. The second-order valence-corrected chi connectivity index (χ2v) is 6.33. The fourth-order valence-corrected chi connectivity index (χ4v) is 2.65. The molecule has 2 rings (SSSR count). The van der Waals surface area contributed by atoms with Gasteiger partial charge in [0.25, 0.3) is 0 Å². The second kappa shape index (κ2) is 8.60. The summed E-state index contributed by atoms with van der Waals surface area (Å²) in [6, 6.07) is 12.1. The number of aliphatic imine (C=N–C) groups is 1. The van der Waals surface area contributed by atoms with Gasteiger partial charge in [-0.15, -0.1) is 0 Å². The lowest BCUT2D eigenvalue weighted by atomic mass is 10.1. The van der Waals surface area contributed by atoms with E-state index in [1.54, 1.807) is 37.3 Å². The maximum absolute atomic E-state index is 12.8. The van der Waals surface area contributed by atoms with Gasteiger partial charge in [-0.25, -0.2) is 0 Å². The minimum atomic E-state index is -4.51. The van der Waals surface area contributed by atoms with Crippen molar-refractivity contribution in [1.82, 2.24) is 0 Å². The van der Waals surface area contributed by atoms with Crippen molar-refractivity contribution in [3.8, 4) is 5.75 Å². The molecule has 2 aromatic carbocycles. The summed E-state index contributed by atoms with van der Waals surface area (Å²) in [4.78, 5) is 3.28. The number of ether oxygens (including phenoxy) is 1. The molecule has 0 aromatic heterocycles. The minimum Gasteiger partial charge on any atom is -0.489 e. The van der Waals surface area contributed by atoms with Gasteiger partial charge >= 0.3 is 6.18 Å². The van der Waals surface area contributed by atoms with E-state index >= 15 is 0 Å². The molecule has 0 radical (unpaired) electrons. The molecule has 2 aromatic rings. The van der Waals surface area contributed by atoms with Gasteiger partial charge in [0.2, 0.25) is 0 Å². The fourth-order valence-electron chi connectivity index (χ4n) is 2.21. The molecule has 0 bridgehead atoms. The molecular formula is C19H16Cl2F3NO. The van der Waals surface area contributed by atoms with E-state index in [0.29, 0.717) is 33.5 Å². The molecule has 0 amide bonds. The van der Waals surface area contributed by atoms with E-state index in [1.807, 2.05) is 12.1 Å². The van der Waals surface area contributed by atoms with E-state index in [1.165, 1.54) is 0 Å². The van der Waals surface area contributed by atoms with Gasteiger partial charge in [-0.1, -0.05) is 35.3 Å². The summed E-state index contributed by atoms with van der Waals surface area (Å²) in [5, 5.41) is 0.933. The predicted molar refractivity (Wildman–Crippen MR) is 100 cm³/mol. The van der Waals surface area contributed by atoms with Gasteiger partial charge in [-0.05, 0) is 60.0 Å². The Bertz CT molecular complexity index is 828. The lowest BCUT2D eigenvalue weighted by Gasteiger charge is -2.11. The van der Waals surface area contributed by atoms with Crippen LogP contribution in [0.1, 0.15) is 18.1 Å². The molecule has 138 valence electrons. The molecule has 0 saturated heterocycles. The van der Waals surface area contributed by atoms with Crippen LogP contribution in [0.15, 0.2) is 53.5 Å². The van der Waals surface area contributed by atoms with Crippen LogP contribution in [0, 0.1) is 0 Å². The van der Waals surface area contributed by atoms with Gasteiger partial charge in [-0.3, -0.25) is 4.99 Å². The Morgan fingerprint density at radius 2 is 1.77 bits per heavy atom. The highest BCUT2D eigenvalue weighted by atomic mass is 35.5. The van der Waals surface area contributed by atoms with E-state index < -0.39 is 11.9 Å². The molecule has 0 N–H and O–H groups in total. The summed E-state index contributed by atoms with van der Waals surface area (Å²) in [6.45, 7) is 1.87. The van der Waals surface area contributed by atoms with Crippen LogP contribution >= 0.6 is 23.2 Å². The van der Waals surface area contributed by atoms with Gasteiger partial charge < -0.3 is 4.74 Å². The molecule has 0 saturated carbocycles. The lowest BCUT2D eigenvalue weighted by molar-refractivity contribution is -0.0577. The summed E-state index contributed by atoms with van der Waals surface area (Å²) in [7, 11) is 1.10. The van der Waals surface area contributed by atoms with Gasteiger partial charge in [-0.2, -0.15) is 13.2 Å². The monoisotopic (exact) mass is 401 g/mol. The van der Waals surface area contributed by atoms with Crippen molar-refractivity contribution in [2.45, 2.75) is 19.7 Å². The van der Waals surface area contributed by atoms with Crippen LogP contribution in [0.5, 0.6) is 5.75 Å². The standard InChI is InChI=1S/C19H16Cl2F3NO/c1-12(9-18(25-2)19(22,23)24)16-8-7-15(10-17(16)21)26-11-13-3-5-14(20)6-4-13/h3-10H,11H2,1-2H3/b12-9+,25-18?. The number of allylic oxidation sites excluding steroid dienone is 2. The molecule has 7 heteroatoms. The number of hydrogen-bond acceptors (Lipinski definition) is 2. The Kier molecular flexibility index (Phi) is 6.73. The number of benzene rings is 2. The Morgan fingerprint density at radius 1 is 1.12 bits per heavy atom. The van der Waals surface area contributed by atoms with E-state index in [9.17, 15) is 13.2 Å². The molecule has 0 atom stereocenters. The van der Waals surface area contributed by atoms with E-state index in [-0.39, 0.29) is 0 Å². The SMILES string of the molecule is CN=C(/C=C(\C)c1ccc(OCc2ccc(Cl)cc2)cc1Cl)C(F)(F)F. The normalized spacial score (nSPS) is 13.0. The maximum atomic E-state index is 12.8. The number of nitrogens with zero attached hydrogens (tertiary/aromatic N) is 1. The average Bonchev–Trinajstić information content (AvgIpc) is 2.58. The Labute approximate surface area is 159 Å². The largest absolute Gasteiger partial charge is 0.489 e. The van der Waals surface area contributed by atoms with Crippen molar-refractivity contribution < 1.29 is 17.9 Å². The molecule has 0 aliphatic heterocycles. The molecule has 2 nitrogen and oxygen atoms in total. The summed E-state index contributed by atoms with van der Waals surface area (Å²) in [5.74, 6) is 0.515. The van der Waals surface area contributed by atoms with Crippen LogP contribution in [0.25, 0.3) is 5.57 Å². The topological polar surface area (TPSA) is 21.6 Å².